The van der Waals surface area contributed by atoms with Gasteiger partial charge in [-0.3, -0.25) is 4.40 Å². The molecule has 0 bridgehead atoms. The van der Waals surface area contributed by atoms with Crippen LogP contribution in [0.4, 0.5) is 5.82 Å². The summed E-state index contributed by atoms with van der Waals surface area (Å²) in [6, 6.07) is 0. The molecule has 0 aliphatic carbocycles. The Morgan fingerprint density at radius 1 is 1.28 bits per heavy atom. The molecule has 1 N–H and O–H groups in total. The van der Waals surface area contributed by atoms with Crippen molar-refractivity contribution in [3.8, 4) is 0 Å². The highest BCUT2D eigenvalue weighted by Gasteiger charge is 2.07. The zero-order chi connectivity index (χ0) is 13.0. The number of rotatable bonds is 6. The van der Waals surface area contributed by atoms with Gasteiger partial charge in [-0.05, 0) is 20.0 Å². The van der Waals surface area contributed by atoms with Gasteiger partial charge >= 0.3 is 0 Å². The zero-order valence-electron chi connectivity index (χ0n) is 11.2. The second-order valence-corrected chi connectivity index (χ2v) is 4.17. The van der Waals surface area contributed by atoms with Crippen LogP contribution in [0.25, 0.3) is 5.65 Å². The number of hydrogen-bond donors (Lipinski definition) is 1. The van der Waals surface area contributed by atoms with Crippen LogP contribution in [0.3, 0.4) is 0 Å². The van der Waals surface area contributed by atoms with Crippen LogP contribution < -0.4 is 5.32 Å². The van der Waals surface area contributed by atoms with Crippen molar-refractivity contribution in [3.05, 3.63) is 18.2 Å². The first-order valence-electron chi connectivity index (χ1n) is 6.38. The quantitative estimate of drug-likeness (QED) is 0.832. The van der Waals surface area contributed by atoms with E-state index >= 15 is 0 Å². The Bertz CT molecular complexity index is 502. The molecule has 0 aliphatic heterocycles. The van der Waals surface area contributed by atoms with Crippen molar-refractivity contribution in [3.63, 3.8) is 0 Å². The maximum Gasteiger partial charge on any atom is 0.203 e. The third-order valence-electron chi connectivity index (χ3n) is 3.11. The van der Waals surface area contributed by atoms with Crippen LogP contribution in [0, 0.1) is 6.92 Å². The van der Waals surface area contributed by atoms with E-state index in [-0.39, 0.29) is 0 Å². The van der Waals surface area contributed by atoms with Gasteiger partial charge in [-0.1, -0.05) is 13.8 Å². The molecular formula is C12H20N6. The number of nitrogens with zero attached hydrogens (tertiary/aromatic N) is 5. The van der Waals surface area contributed by atoms with E-state index in [0.717, 1.165) is 43.5 Å². The molecule has 0 radical (unpaired) electrons. The molecule has 0 aromatic carbocycles. The lowest BCUT2D eigenvalue weighted by atomic mass is 10.4. The third-order valence-corrected chi connectivity index (χ3v) is 3.11. The number of nitrogens with one attached hydrogen (secondary N) is 1. The predicted octanol–water partition coefficient (Wildman–Crippen LogP) is 1.19. The zero-order valence-corrected chi connectivity index (χ0v) is 11.2. The fourth-order valence-corrected chi connectivity index (χ4v) is 1.94. The van der Waals surface area contributed by atoms with Gasteiger partial charge in [0.15, 0.2) is 5.82 Å². The van der Waals surface area contributed by atoms with E-state index < -0.39 is 0 Å². The minimum Gasteiger partial charge on any atom is -0.366 e. The summed E-state index contributed by atoms with van der Waals surface area (Å²) >= 11 is 0. The van der Waals surface area contributed by atoms with Crippen LogP contribution in [0.2, 0.25) is 0 Å². The molecular weight excluding hydrogens is 228 g/mol. The number of aryl methyl sites for hydroxylation is 1. The summed E-state index contributed by atoms with van der Waals surface area (Å²) in [5.41, 5.74) is 0.787. The molecule has 0 amide bonds. The standard InChI is InChI=1S/C12H20N6/c1-4-17(5-2)8-6-13-11-12-16-15-10(3)18(12)9-7-14-11/h7,9H,4-6,8H2,1-3H3,(H,13,14). The van der Waals surface area contributed by atoms with Crippen molar-refractivity contribution in [1.82, 2.24) is 24.5 Å². The summed E-state index contributed by atoms with van der Waals surface area (Å²) in [5.74, 6) is 1.67. The topological polar surface area (TPSA) is 58.4 Å². The molecule has 0 atom stereocenters. The Labute approximate surface area is 107 Å². The van der Waals surface area contributed by atoms with Gasteiger partial charge in [0.2, 0.25) is 5.65 Å². The van der Waals surface area contributed by atoms with Crippen molar-refractivity contribution >= 4 is 11.5 Å². The first-order chi connectivity index (χ1) is 8.76. The normalized spacial score (nSPS) is 11.3. The third kappa shape index (κ3) is 2.59. The smallest absolute Gasteiger partial charge is 0.203 e. The second-order valence-electron chi connectivity index (χ2n) is 4.17. The average molecular weight is 248 g/mol. The van der Waals surface area contributed by atoms with Crippen LogP contribution in [-0.4, -0.2) is 50.7 Å². The van der Waals surface area contributed by atoms with E-state index in [9.17, 15) is 0 Å². The van der Waals surface area contributed by atoms with E-state index in [1.807, 2.05) is 17.5 Å². The van der Waals surface area contributed by atoms with Crippen LogP contribution in [0.5, 0.6) is 0 Å². The van der Waals surface area contributed by atoms with E-state index in [4.69, 9.17) is 0 Å². The van der Waals surface area contributed by atoms with Crippen molar-refractivity contribution in [2.45, 2.75) is 20.8 Å². The molecule has 0 unspecified atom stereocenters. The summed E-state index contributed by atoms with van der Waals surface area (Å²) in [6.07, 6.45) is 3.64. The van der Waals surface area contributed by atoms with Gasteiger partial charge in [0, 0.05) is 25.5 Å². The predicted molar refractivity (Wildman–Crippen MR) is 71.8 cm³/mol. The highest BCUT2D eigenvalue weighted by atomic mass is 15.3. The molecule has 6 nitrogen and oxygen atoms in total. The lowest BCUT2D eigenvalue weighted by Crippen LogP contribution is -2.28. The maximum absolute atomic E-state index is 4.32. The fraction of sp³-hybridized carbons (Fsp3) is 0.583. The SMILES string of the molecule is CCN(CC)CCNc1nccn2c(C)nnc12. The minimum absolute atomic E-state index is 0.787. The average Bonchev–Trinajstić information content (AvgIpc) is 2.78. The summed E-state index contributed by atoms with van der Waals surface area (Å²) in [7, 11) is 0. The molecule has 0 aliphatic rings. The first-order valence-corrected chi connectivity index (χ1v) is 6.38. The van der Waals surface area contributed by atoms with Crippen LogP contribution in [0.1, 0.15) is 19.7 Å². The molecule has 0 saturated heterocycles. The van der Waals surface area contributed by atoms with Gasteiger partial charge < -0.3 is 10.2 Å². The Kier molecular flexibility index (Phi) is 4.09. The molecule has 0 fully saturated rings. The first kappa shape index (κ1) is 12.8. The van der Waals surface area contributed by atoms with Gasteiger partial charge in [0.05, 0.1) is 0 Å². The molecule has 2 rings (SSSR count). The monoisotopic (exact) mass is 248 g/mol. The molecule has 6 heteroatoms. The Morgan fingerprint density at radius 3 is 2.78 bits per heavy atom. The lowest BCUT2D eigenvalue weighted by molar-refractivity contribution is 0.316. The van der Waals surface area contributed by atoms with Gasteiger partial charge in [-0.15, -0.1) is 10.2 Å². The summed E-state index contributed by atoms with van der Waals surface area (Å²) in [4.78, 5) is 6.68. The van der Waals surface area contributed by atoms with E-state index in [0.29, 0.717) is 0 Å². The van der Waals surface area contributed by atoms with Crippen LogP contribution >= 0.6 is 0 Å². The summed E-state index contributed by atoms with van der Waals surface area (Å²) in [5, 5.41) is 11.5. The fourth-order valence-electron chi connectivity index (χ4n) is 1.94. The van der Waals surface area contributed by atoms with Crippen LogP contribution in [0.15, 0.2) is 12.4 Å². The van der Waals surface area contributed by atoms with Crippen molar-refractivity contribution in [2.75, 3.05) is 31.5 Å². The lowest BCUT2D eigenvalue weighted by Gasteiger charge is -2.18. The Balaban J connectivity index is 2.03. The molecule has 98 valence electrons. The number of aromatic nitrogens is 4. The number of anilines is 1. The van der Waals surface area contributed by atoms with Gasteiger partial charge in [0.1, 0.15) is 5.82 Å². The second kappa shape index (κ2) is 5.77. The van der Waals surface area contributed by atoms with Gasteiger partial charge in [-0.25, -0.2) is 4.98 Å². The van der Waals surface area contributed by atoms with Gasteiger partial charge in [-0.2, -0.15) is 0 Å². The highest BCUT2D eigenvalue weighted by Crippen LogP contribution is 2.11. The van der Waals surface area contributed by atoms with E-state index in [2.05, 4.69) is 39.2 Å². The van der Waals surface area contributed by atoms with Crippen molar-refractivity contribution in [1.29, 1.82) is 0 Å². The molecule has 18 heavy (non-hydrogen) atoms. The summed E-state index contributed by atoms with van der Waals surface area (Å²) < 4.78 is 1.94. The molecule has 2 aromatic rings. The largest absolute Gasteiger partial charge is 0.366 e. The van der Waals surface area contributed by atoms with Crippen molar-refractivity contribution in [2.24, 2.45) is 0 Å². The number of hydrogen-bond acceptors (Lipinski definition) is 5. The maximum atomic E-state index is 4.32. The Morgan fingerprint density at radius 2 is 2.06 bits per heavy atom. The van der Waals surface area contributed by atoms with Gasteiger partial charge in [0.25, 0.3) is 0 Å². The van der Waals surface area contributed by atoms with Crippen molar-refractivity contribution < 1.29 is 0 Å². The van der Waals surface area contributed by atoms with E-state index in [1.54, 1.807) is 6.20 Å². The molecule has 0 saturated carbocycles. The van der Waals surface area contributed by atoms with E-state index in [1.165, 1.54) is 0 Å². The molecule has 2 heterocycles. The molecule has 0 spiro atoms. The Hall–Kier alpha value is -1.69. The summed E-state index contributed by atoms with van der Waals surface area (Å²) in [6.45, 7) is 10.3. The minimum atomic E-state index is 0.787. The molecule has 2 aromatic heterocycles. The number of fused-ring (bicyclic) bond motifs is 1. The number of likely N-dealkylation sites (N-methyl/N-ethyl adjacent to an activating group) is 1. The van der Waals surface area contributed by atoms with Crippen LogP contribution in [-0.2, 0) is 0 Å². The highest BCUT2D eigenvalue weighted by molar-refractivity contribution is 5.61.